The highest BCUT2D eigenvalue weighted by molar-refractivity contribution is 5.82. The average molecular weight is 256 g/mol. The van der Waals surface area contributed by atoms with E-state index in [2.05, 4.69) is 12.2 Å². The number of aliphatic hydroxyl groups is 1. The summed E-state index contributed by atoms with van der Waals surface area (Å²) in [5.41, 5.74) is 0. The molecule has 0 saturated carbocycles. The predicted octanol–water partition coefficient (Wildman–Crippen LogP) is 1.39. The van der Waals surface area contributed by atoms with Crippen LogP contribution in [0.4, 0.5) is 0 Å². The van der Waals surface area contributed by atoms with Gasteiger partial charge >= 0.3 is 0 Å². The summed E-state index contributed by atoms with van der Waals surface area (Å²) in [6.45, 7) is 7.07. The van der Waals surface area contributed by atoms with Crippen LogP contribution in [0, 0.1) is 5.92 Å². The number of nitrogens with zero attached hydrogens (tertiary/aromatic N) is 1. The van der Waals surface area contributed by atoms with Gasteiger partial charge < -0.3 is 15.3 Å². The van der Waals surface area contributed by atoms with E-state index < -0.39 is 0 Å². The first-order chi connectivity index (χ1) is 8.69. The maximum absolute atomic E-state index is 12.2. The van der Waals surface area contributed by atoms with E-state index in [0.717, 1.165) is 51.7 Å². The summed E-state index contributed by atoms with van der Waals surface area (Å²) in [4.78, 5) is 14.2. The number of piperidine rings is 1. The fourth-order valence-electron chi connectivity index (χ4n) is 2.39. The Morgan fingerprint density at radius 2 is 2.33 bits per heavy atom. The number of carbonyl (C=O) groups excluding carboxylic acids is 1. The van der Waals surface area contributed by atoms with Crippen LogP contribution in [0.2, 0.25) is 0 Å². The molecule has 0 spiro atoms. The summed E-state index contributed by atoms with van der Waals surface area (Å²) in [6, 6.07) is 0.0361. The molecule has 4 nitrogen and oxygen atoms in total. The minimum Gasteiger partial charge on any atom is -0.396 e. The Labute approximate surface area is 111 Å². The molecule has 4 heteroatoms. The van der Waals surface area contributed by atoms with Crippen molar-refractivity contribution in [2.24, 2.45) is 5.92 Å². The van der Waals surface area contributed by atoms with E-state index in [-0.39, 0.29) is 18.6 Å². The number of rotatable bonds is 8. The fraction of sp³-hybridized carbons (Fsp3) is 0.929. The normalized spacial score (nSPS) is 22.3. The van der Waals surface area contributed by atoms with Gasteiger partial charge in [0.1, 0.15) is 0 Å². The lowest BCUT2D eigenvalue weighted by Crippen LogP contribution is -2.51. The van der Waals surface area contributed by atoms with E-state index >= 15 is 0 Å². The number of carbonyl (C=O) groups is 1. The molecule has 1 aliphatic heterocycles. The molecule has 0 aliphatic carbocycles. The van der Waals surface area contributed by atoms with Crippen LogP contribution in [-0.4, -0.2) is 48.2 Å². The van der Waals surface area contributed by atoms with Crippen molar-refractivity contribution in [3.8, 4) is 0 Å². The van der Waals surface area contributed by atoms with Crippen molar-refractivity contribution in [2.45, 2.75) is 52.0 Å². The van der Waals surface area contributed by atoms with E-state index in [9.17, 15) is 4.79 Å². The molecule has 1 saturated heterocycles. The maximum atomic E-state index is 12.2. The van der Waals surface area contributed by atoms with E-state index in [0.29, 0.717) is 5.92 Å². The average Bonchev–Trinajstić information content (AvgIpc) is 2.39. The number of amides is 1. The zero-order chi connectivity index (χ0) is 13.4. The van der Waals surface area contributed by atoms with Crippen molar-refractivity contribution in [2.75, 3.05) is 26.2 Å². The van der Waals surface area contributed by atoms with Crippen LogP contribution >= 0.6 is 0 Å². The summed E-state index contributed by atoms with van der Waals surface area (Å²) in [7, 11) is 0. The molecule has 0 aromatic heterocycles. The molecule has 0 bridgehead atoms. The van der Waals surface area contributed by atoms with Crippen LogP contribution in [-0.2, 0) is 4.79 Å². The Morgan fingerprint density at radius 3 is 3.00 bits per heavy atom. The Morgan fingerprint density at radius 1 is 1.56 bits per heavy atom. The van der Waals surface area contributed by atoms with Gasteiger partial charge in [-0.15, -0.1) is 0 Å². The summed E-state index contributed by atoms with van der Waals surface area (Å²) in [6.07, 6.45) is 5.13. The van der Waals surface area contributed by atoms with Crippen molar-refractivity contribution < 1.29 is 9.90 Å². The third-order valence-electron chi connectivity index (χ3n) is 3.61. The molecule has 1 heterocycles. The van der Waals surface area contributed by atoms with Crippen molar-refractivity contribution >= 4 is 5.91 Å². The molecular weight excluding hydrogens is 228 g/mol. The first-order valence-electron chi connectivity index (χ1n) is 7.32. The van der Waals surface area contributed by atoms with Crippen LogP contribution in [0.15, 0.2) is 0 Å². The van der Waals surface area contributed by atoms with Gasteiger partial charge in [0.05, 0.1) is 6.04 Å². The number of likely N-dealkylation sites (tertiary alicyclic amines) is 1. The second-order valence-electron chi connectivity index (χ2n) is 5.40. The first kappa shape index (κ1) is 15.4. The van der Waals surface area contributed by atoms with Gasteiger partial charge in [-0.2, -0.15) is 0 Å². The Bertz CT molecular complexity index is 246. The molecule has 0 aromatic rings. The Hall–Kier alpha value is -0.610. The number of hydrogen-bond acceptors (Lipinski definition) is 3. The molecule has 0 radical (unpaired) electrons. The van der Waals surface area contributed by atoms with E-state index in [1.807, 2.05) is 11.8 Å². The van der Waals surface area contributed by atoms with E-state index in [1.165, 1.54) is 0 Å². The van der Waals surface area contributed by atoms with E-state index in [1.54, 1.807) is 0 Å². The molecular formula is C14H28N2O2. The monoisotopic (exact) mass is 256 g/mol. The van der Waals surface area contributed by atoms with Gasteiger partial charge in [-0.1, -0.05) is 13.8 Å². The van der Waals surface area contributed by atoms with Crippen molar-refractivity contribution in [1.29, 1.82) is 0 Å². The molecule has 2 N–H and O–H groups in total. The molecule has 1 fully saturated rings. The van der Waals surface area contributed by atoms with Crippen LogP contribution in [0.1, 0.15) is 46.0 Å². The second-order valence-corrected chi connectivity index (χ2v) is 5.40. The van der Waals surface area contributed by atoms with Gasteiger partial charge in [-0.25, -0.2) is 0 Å². The summed E-state index contributed by atoms with van der Waals surface area (Å²) in [5.74, 6) is 0.616. The third kappa shape index (κ3) is 4.94. The SMILES string of the molecule is CCCNC1CCCN(CCCC(C)CO)C1=O. The molecule has 106 valence electrons. The summed E-state index contributed by atoms with van der Waals surface area (Å²) in [5, 5.41) is 12.3. The van der Waals surface area contributed by atoms with Crippen molar-refractivity contribution in [3.05, 3.63) is 0 Å². The van der Waals surface area contributed by atoms with Crippen LogP contribution < -0.4 is 5.32 Å². The minimum atomic E-state index is 0.0361. The van der Waals surface area contributed by atoms with Crippen LogP contribution in [0.3, 0.4) is 0 Å². The molecule has 1 rings (SSSR count). The maximum Gasteiger partial charge on any atom is 0.239 e. The number of hydrogen-bond donors (Lipinski definition) is 2. The topological polar surface area (TPSA) is 52.6 Å². The Balaban J connectivity index is 2.29. The highest BCUT2D eigenvalue weighted by Gasteiger charge is 2.27. The number of nitrogens with one attached hydrogen (secondary N) is 1. The molecule has 18 heavy (non-hydrogen) atoms. The third-order valence-corrected chi connectivity index (χ3v) is 3.61. The van der Waals surface area contributed by atoms with Gasteiger partial charge in [0.25, 0.3) is 0 Å². The van der Waals surface area contributed by atoms with Gasteiger partial charge in [-0.3, -0.25) is 4.79 Å². The zero-order valence-corrected chi connectivity index (χ0v) is 11.8. The highest BCUT2D eigenvalue weighted by atomic mass is 16.3. The fourth-order valence-corrected chi connectivity index (χ4v) is 2.39. The molecule has 2 unspecified atom stereocenters. The Kier molecular flexibility index (Phi) is 7.28. The molecule has 1 amide bonds. The standard InChI is InChI=1S/C14H28N2O2/c1-3-8-15-13-7-5-10-16(14(13)18)9-4-6-12(2)11-17/h12-13,15,17H,3-11H2,1-2H3. The van der Waals surface area contributed by atoms with Gasteiger partial charge in [0.15, 0.2) is 0 Å². The van der Waals surface area contributed by atoms with Crippen molar-refractivity contribution in [1.82, 2.24) is 10.2 Å². The van der Waals surface area contributed by atoms with Gasteiger partial charge in [-0.05, 0) is 44.6 Å². The quantitative estimate of drug-likeness (QED) is 0.690. The van der Waals surface area contributed by atoms with Gasteiger partial charge in [0, 0.05) is 19.7 Å². The summed E-state index contributed by atoms with van der Waals surface area (Å²) >= 11 is 0. The predicted molar refractivity (Wildman–Crippen MR) is 73.4 cm³/mol. The highest BCUT2D eigenvalue weighted by Crippen LogP contribution is 2.14. The lowest BCUT2D eigenvalue weighted by Gasteiger charge is -2.33. The largest absolute Gasteiger partial charge is 0.396 e. The first-order valence-corrected chi connectivity index (χ1v) is 7.32. The summed E-state index contributed by atoms with van der Waals surface area (Å²) < 4.78 is 0. The zero-order valence-electron chi connectivity index (χ0n) is 11.8. The molecule has 1 aliphatic rings. The number of aliphatic hydroxyl groups excluding tert-OH is 1. The van der Waals surface area contributed by atoms with Crippen LogP contribution in [0.25, 0.3) is 0 Å². The van der Waals surface area contributed by atoms with E-state index in [4.69, 9.17) is 5.11 Å². The smallest absolute Gasteiger partial charge is 0.239 e. The minimum absolute atomic E-state index is 0.0361. The van der Waals surface area contributed by atoms with Crippen LogP contribution in [0.5, 0.6) is 0 Å². The molecule has 2 atom stereocenters. The van der Waals surface area contributed by atoms with Gasteiger partial charge in [0.2, 0.25) is 5.91 Å². The van der Waals surface area contributed by atoms with Crippen molar-refractivity contribution in [3.63, 3.8) is 0 Å². The second kappa shape index (κ2) is 8.48. The lowest BCUT2D eigenvalue weighted by molar-refractivity contribution is -0.136. The lowest BCUT2D eigenvalue weighted by atomic mass is 10.0. The molecule has 0 aromatic carbocycles.